The molecule has 2 saturated heterocycles. The molecule has 0 amide bonds. The number of nitrogens with one attached hydrogen (secondary N) is 3. The van der Waals surface area contributed by atoms with Gasteiger partial charge in [-0.2, -0.15) is 0 Å². The van der Waals surface area contributed by atoms with Gasteiger partial charge in [0, 0.05) is 48.8 Å². The van der Waals surface area contributed by atoms with Crippen molar-refractivity contribution in [2.45, 2.75) is 120 Å². The van der Waals surface area contributed by atoms with Gasteiger partial charge < -0.3 is 34.1 Å². The highest BCUT2D eigenvalue weighted by Gasteiger charge is 2.69. The molecule has 5 fully saturated rings. The summed E-state index contributed by atoms with van der Waals surface area (Å²) < 4.78 is 31.2. The van der Waals surface area contributed by atoms with Gasteiger partial charge in [-0.1, -0.05) is 27.7 Å². The first-order chi connectivity index (χ1) is 17.3. The zero-order valence-corrected chi connectivity index (χ0v) is 24.1. The molecule has 0 bridgehead atoms. The second-order valence-corrected chi connectivity index (χ2v) is 14.5. The SMILES string of the molecule is CNC12CC(O)CC1(NNC1CC(OC)CC1CC1(C)OCC(C)(C)CO1)CC1(C2)OCC(C)(C)CO1. The molecular weight excluding hydrogens is 474 g/mol. The molecule has 9 heteroatoms. The summed E-state index contributed by atoms with van der Waals surface area (Å²) in [6.45, 7) is 13.5. The minimum Gasteiger partial charge on any atom is -0.393 e. The zero-order valence-electron chi connectivity index (χ0n) is 24.1. The second kappa shape index (κ2) is 9.63. The van der Waals surface area contributed by atoms with Crippen LogP contribution in [0.5, 0.6) is 0 Å². The van der Waals surface area contributed by atoms with Crippen molar-refractivity contribution in [1.82, 2.24) is 16.2 Å². The minimum atomic E-state index is -0.637. The number of methoxy groups -OCH3 is 1. The molecule has 6 unspecified atom stereocenters. The number of hydrogen-bond donors (Lipinski definition) is 4. The Balaban J connectivity index is 1.31. The molecule has 2 aliphatic heterocycles. The van der Waals surface area contributed by atoms with Gasteiger partial charge in [0.1, 0.15) is 0 Å². The number of aliphatic hydroxyl groups is 1. The number of rotatable bonds is 7. The molecule has 3 saturated carbocycles. The number of fused-ring (bicyclic) bond motifs is 1. The summed E-state index contributed by atoms with van der Waals surface area (Å²) in [6.07, 6.45) is 5.19. The average Bonchev–Trinajstić information content (AvgIpc) is 3.42. The van der Waals surface area contributed by atoms with Gasteiger partial charge in [-0.05, 0) is 45.6 Å². The van der Waals surface area contributed by atoms with Crippen molar-refractivity contribution >= 4 is 0 Å². The largest absolute Gasteiger partial charge is 0.393 e. The van der Waals surface area contributed by atoms with Crippen molar-refractivity contribution in [3.63, 3.8) is 0 Å². The van der Waals surface area contributed by atoms with E-state index >= 15 is 0 Å². The van der Waals surface area contributed by atoms with Crippen molar-refractivity contribution in [1.29, 1.82) is 0 Å². The molecule has 3 aliphatic carbocycles. The summed E-state index contributed by atoms with van der Waals surface area (Å²) in [4.78, 5) is 0. The van der Waals surface area contributed by atoms with Gasteiger partial charge in [0.05, 0.1) is 44.2 Å². The lowest BCUT2D eigenvalue weighted by Gasteiger charge is -2.44. The first kappa shape index (κ1) is 28.2. The van der Waals surface area contributed by atoms with Gasteiger partial charge in [-0.3, -0.25) is 5.43 Å². The Bertz CT molecular complexity index is 819. The Labute approximate surface area is 223 Å². The second-order valence-electron chi connectivity index (χ2n) is 14.5. The molecule has 0 aromatic heterocycles. The lowest BCUT2D eigenvalue weighted by molar-refractivity contribution is -0.299. The number of hydrazine groups is 1. The van der Waals surface area contributed by atoms with E-state index in [1.54, 1.807) is 7.11 Å². The van der Waals surface area contributed by atoms with Gasteiger partial charge in [-0.25, -0.2) is 5.43 Å². The van der Waals surface area contributed by atoms with Gasteiger partial charge in [0.25, 0.3) is 0 Å². The van der Waals surface area contributed by atoms with Crippen molar-refractivity contribution in [2.75, 3.05) is 40.6 Å². The van der Waals surface area contributed by atoms with Gasteiger partial charge in [0.15, 0.2) is 11.6 Å². The number of aliphatic hydroxyl groups excluding tert-OH is 1. The molecule has 37 heavy (non-hydrogen) atoms. The molecular formula is C28H51N3O6. The number of hydrogen-bond acceptors (Lipinski definition) is 9. The summed E-state index contributed by atoms with van der Waals surface area (Å²) in [5, 5.41) is 14.4. The van der Waals surface area contributed by atoms with E-state index in [9.17, 15) is 5.11 Å². The van der Waals surface area contributed by atoms with E-state index < -0.39 is 17.1 Å². The Hall–Kier alpha value is -0.360. The molecule has 4 N–H and O–H groups in total. The molecule has 5 aliphatic rings. The number of ether oxygens (including phenoxy) is 5. The summed E-state index contributed by atoms with van der Waals surface area (Å²) >= 11 is 0. The highest BCUT2D eigenvalue weighted by atomic mass is 16.7. The predicted octanol–water partition coefficient (Wildman–Crippen LogP) is 2.47. The van der Waals surface area contributed by atoms with E-state index in [0.717, 1.165) is 19.3 Å². The molecule has 5 rings (SSSR count). The summed E-state index contributed by atoms with van der Waals surface area (Å²) in [5.74, 6) is -0.900. The summed E-state index contributed by atoms with van der Waals surface area (Å²) in [7, 11) is 3.80. The summed E-state index contributed by atoms with van der Waals surface area (Å²) in [5.41, 5.74) is 6.84. The smallest absolute Gasteiger partial charge is 0.172 e. The lowest BCUT2D eigenvalue weighted by Crippen LogP contribution is -2.67. The van der Waals surface area contributed by atoms with E-state index in [2.05, 4.69) is 50.8 Å². The van der Waals surface area contributed by atoms with Crippen LogP contribution in [0.15, 0.2) is 0 Å². The van der Waals surface area contributed by atoms with Crippen LogP contribution in [0.25, 0.3) is 0 Å². The van der Waals surface area contributed by atoms with Crippen LogP contribution in [-0.4, -0.2) is 86.6 Å². The Kier molecular flexibility index (Phi) is 7.33. The van der Waals surface area contributed by atoms with Gasteiger partial charge in [-0.15, -0.1) is 0 Å². The van der Waals surface area contributed by atoms with Gasteiger partial charge in [0.2, 0.25) is 0 Å². The average molecular weight is 526 g/mol. The third-order valence-corrected chi connectivity index (χ3v) is 9.81. The predicted molar refractivity (Wildman–Crippen MR) is 140 cm³/mol. The Morgan fingerprint density at radius 3 is 2.00 bits per heavy atom. The van der Waals surface area contributed by atoms with E-state index in [1.807, 2.05) is 7.05 Å². The molecule has 1 spiro atoms. The highest BCUT2D eigenvalue weighted by molar-refractivity contribution is 5.25. The van der Waals surface area contributed by atoms with Gasteiger partial charge >= 0.3 is 0 Å². The van der Waals surface area contributed by atoms with Crippen LogP contribution < -0.4 is 16.2 Å². The van der Waals surface area contributed by atoms with Crippen LogP contribution in [0.1, 0.15) is 79.6 Å². The Morgan fingerprint density at radius 2 is 1.41 bits per heavy atom. The van der Waals surface area contributed by atoms with Crippen molar-refractivity contribution < 1.29 is 28.8 Å². The van der Waals surface area contributed by atoms with E-state index in [1.165, 1.54) is 0 Å². The molecule has 214 valence electrons. The van der Waals surface area contributed by atoms with Crippen LogP contribution >= 0.6 is 0 Å². The van der Waals surface area contributed by atoms with Crippen LogP contribution in [0.4, 0.5) is 0 Å². The first-order valence-electron chi connectivity index (χ1n) is 14.2. The van der Waals surface area contributed by atoms with Crippen LogP contribution in [0, 0.1) is 16.7 Å². The fourth-order valence-electron chi connectivity index (χ4n) is 7.59. The summed E-state index contributed by atoms with van der Waals surface area (Å²) in [6, 6.07) is 0.189. The first-order valence-corrected chi connectivity index (χ1v) is 14.2. The zero-order chi connectivity index (χ0) is 26.7. The molecule has 0 aromatic rings. The van der Waals surface area contributed by atoms with Crippen LogP contribution in [-0.2, 0) is 23.7 Å². The standard InChI is InChI=1S/C28H51N3O6/c1-23(2)15-34-25(5,35-16-23)10-19-8-21(33-7)9-22(19)30-31-27-12-20(32)11-26(27,29-6)13-28(14-27)36-17-24(3,4)18-37-28/h19-22,29-32H,8-18H2,1-7H3. The molecule has 0 radical (unpaired) electrons. The normalized spacial score (nSPS) is 43.8. The third-order valence-electron chi connectivity index (χ3n) is 9.81. The maximum absolute atomic E-state index is 10.8. The fourth-order valence-corrected chi connectivity index (χ4v) is 7.59. The lowest BCUT2D eigenvalue weighted by atomic mass is 9.83. The van der Waals surface area contributed by atoms with Crippen LogP contribution in [0.2, 0.25) is 0 Å². The minimum absolute atomic E-state index is 0.00886. The van der Waals surface area contributed by atoms with E-state index in [-0.39, 0.29) is 34.6 Å². The fraction of sp³-hybridized carbons (Fsp3) is 1.00. The topological polar surface area (TPSA) is 102 Å². The van der Waals surface area contributed by atoms with E-state index in [4.69, 9.17) is 23.7 Å². The van der Waals surface area contributed by atoms with Crippen molar-refractivity contribution in [3.8, 4) is 0 Å². The molecule has 0 aromatic carbocycles. The number of likely N-dealkylation sites (N-methyl/N-ethyl adjacent to an activating group) is 1. The molecule has 2 heterocycles. The maximum atomic E-state index is 10.8. The third kappa shape index (κ3) is 5.37. The molecule has 9 nitrogen and oxygen atoms in total. The molecule has 6 atom stereocenters. The van der Waals surface area contributed by atoms with Crippen molar-refractivity contribution in [3.05, 3.63) is 0 Å². The quantitative estimate of drug-likeness (QED) is 0.373. The maximum Gasteiger partial charge on any atom is 0.172 e. The Morgan fingerprint density at radius 1 is 0.838 bits per heavy atom. The highest BCUT2D eigenvalue weighted by Crippen LogP contribution is 2.57. The monoisotopic (exact) mass is 525 g/mol. The van der Waals surface area contributed by atoms with Crippen LogP contribution in [0.3, 0.4) is 0 Å². The van der Waals surface area contributed by atoms with E-state index in [0.29, 0.717) is 58.0 Å². The van der Waals surface area contributed by atoms with Crippen molar-refractivity contribution in [2.24, 2.45) is 16.7 Å².